The minimum absolute atomic E-state index is 0.264. The van der Waals surface area contributed by atoms with Gasteiger partial charge in [0, 0.05) is 28.6 Å². The normalized spacial score (nSPS) is 14.8. The number of fused-ring (bicyclic) bond motifs is 1. The first kappa shape index (κ1) is 27.4. The van der Waals surface area contributed by atoms with Crippen LogP contribution in [0.2, 0.25) is 10.0 Å². The van der Waals surface area contributed by atoms with Crippen LogP contribution >= 0.6 is 23.2 Å². The molecule has 4 aromatic carbocycles. The highest BCUT2D eigenvalue weighted by molar-refractivity contribution is 6.32. The van der Waals surface area contributed by atoms with Crippen LogP contribution in [0.25, 0.3) is 0 Å². The molecule has 0 saturated heterocycles. The highest BCUT2D eigenvalue weighted by Gasteiger charge is 2.29. The third kappa shape index (κ3) is 6.68. The smallest absolute Gasteiger partial charge is 0.311 e. The highest BCUT2D eigenvalue weighted by atomic mass is 35.5. The molecule has 5 rings (SSSR count). The number of carboxylic acid groups (broad SMARTS) is 1. The lowest BCUT2D eigenvalue weighted by molar-refractivity contribution is -0.139. The summed E-state index contributed by atoms with van der Waals surface area (Å²) in [4.78, 5) is 24.7. The Balaban J connectivity index is 1.28. The zero-order chi connectivity index (χ0) is 28.1. The summed E-state index contributed by atoms with van der Waals surface area (Å²) in [5.74, 6) is -0.0907. The van der Waals surface area contributed by atoms with Gasteiger partial charge >= 0.3 is 5.97 Å². The number of carbonyl (C=O) groups is 2. The Morgan fingerprint density at radius 2 is 1.68 bits per heavy atom. The van der Waals surface area contributed by atoms with Gasteiger partial charge in [0.2, 0.25) is 0 Å². The molecule has 7 nitrogen and oxygen atoms in total. The largest absolute Gasteiger partial charge is 0.493 e. The van der Waals surface area contributed by atoms with Crippen molar-refractivity contribution >= 4 is 35.1 Å². The van der Waals surface area contributed by atoms with Gasteiger partial charge in [-0.3, -0.25) is 9.59 Å². The van der Waals surface area contributed by atoms with Crippen LogP contribution < -0.4 is 19.5 Å². The predicted molar refractivity (Wildman–Crippen MR) is 152 cm³/mol. The lowest BCUT2D eigenvalue weighted by Crippen LogP contribution is -2.40. The number of rotatable bonds is 9. The van der Waals surface area contributed by atoms with Crippen LogP contribution in [0.4, 0.5) is 0 Å². The van der Waals surface area contributed by atoms with Crippen molar-refractivity contribution in [1.82, 2.24) is 5.32 Å². The molecule has 0 bridgehead atoms. The van der Waals surface area contributed by atoms with Gasteiger partial charge in [-0.2, -0.15) is 0 Å². The molecule has 1 amide bonds. The fourth-order valence-corrected chi connectivity index (χ4v) is 4.71. The van der Waals surface area contributed by atoms with Gasteiger partial charge in [-0.15, -0.1) is 0 Å². The van der Waals surface area contributed by atoms with E-state index in [2.05, 4.69) is 5.32 Å². The summed E-state index contributed by atoms with van der Waals surface area (Å²) in [5.41, 5.74) is 1.89. The van der Waals surface area contributed by atoms with Crippen molar-refractivity contribution in [2.75, 3.05) is 6.61 Å². The molecule has 1 aliphatic heterocycles. The van der Waals surface area contributed by atoms with Crippen LogP contribution in [0.5, 0.6) is 23.0 Å². The Labute approximate surface area is 241 Å². The number of hydrogen-bond acceptors (Lipinski definition) is 5. The molecular weight excluding hydrogens is 553 g/mol. The number of carbonyl (C=O) groups excluding carboxylic acids is 1. The summed E-state index contributed by atoms with van der Waals surface area (Å²) >= 11 is 12.4. The average molecular weight is 578 g/mol. The van der Waals surface area contributed by atoms with Crippen LogP contribution in [-0.2, 0) is 11.2 Å². The zero-order valence-electron chi connectivity index (χ0n) is 21.2. The van der Waals surface area contributed by atoms with E-state index in [1.807, 2.05) is 42.5 Å². The van der Waals surface area contributed by atoms with Crippen molar-refractivity contribution < 1.29 is 28.9 Å². The molecule has 0 aromatic heterocycles. The quantitative estimate of drug-likeness (QED) is 0.206. The van der Waals surface area contributed by atoms with Gasteiger partial charge in [0.15, 0.2) is 6.23 Å². The van der Waals surface area contributed by atoms with Crippen LogP contribution in [0, 0.1) is 0 Å². The fourth-order valence-electron chi connectivity index (χ4n) is 4.38. The summed E-state index contributed by atoms with van der Waals surface area (Å²) in [5, 5.41) is 13.3. The monoisotopic (exact) mass is 577 g/mol. The topological polar surface area (TPSA) is 94.1 Å². The molecule has 2 N–H and O–H groups in total. The maximum Gasteiger partial charge on any atom is 0.311 e. The van der Waals surface area contributed by atoms with E-state index >= 15 is 0 Å². The standard InChI is InChI=1S/C31H25Cl2NO6/c32-21-10-6-19(7-11-21)16-29(40-22-4-2-1-3-5-22)34-30(35)20-8-12-23(13-9-20)39-28-18-27-25(17-26(28)33)24(31(36)37)14-15-38-27/h1-13,17-18,24,29H,14-16H2,(H,34,35)(H,36,37). The number of para-hydroxylation sites is 1. The Morgan fingerprint density at radius 3 is 2.38 bits per heavy atom. The first-order chi connectivity index (χ1) is 19.4. The second kappa shape index (κ2) is 12.3. The molecule has 0 fully saturated rings. The van der Waals surface area contributed by atoms with E-state index in [9.17, 15) is 14.7 Å². The van der Waals surface area contributed by atoms with Crippen LogP contribution in [-0.4, -0.2) is 29.8 Å². The van der Waals surface area contributed by atoms with Gasteiger partial charge < -0.3 is 24.6 Å². The lowest BCUT2D eigenvalue weighted by atomic mass is 9.93. The van der Waals surface area contributed by atoms with E-state index in [0.29, 0.717) is 58.6 Å². The molecule has 0 saturated carbocycles. The van der Waals surface area contributed by atoms with Gasteiger partial charge in [0.25, 0.3) is 5.91 Å². The molecule has 0 aliphatic carbocycles. The molecule has 0 spiro atoms. The Kier molecular flexibility index (Phi) is 8.43. The highest BCUT2D eigenvalue weighted by Crippen LogP contribution is 2.41. The molecule has 2 atom stereocenters. The van der Waals surface area contributed by atoms with E-state index in [1.165, 1.54) is 0 Å². The fraction of sp³-hybridized carbons (Fsp3) is 0.161. The Hall–Kier alpha value is -4.20. The first-order valence-electron chi connectivity index (χ1n) is 12.6. The number of amides is 1. The van der Waals surface area contributed by atoms with Crippen molar-refractivity contribution in [2.24, 2.45) is 0 Å². The first-order valence-corrected chi connectivity index (χ1v) is 13.4. The third-order valence-corrected chi connectivity index (χ3v) is 6.94. The minimum Gasteiger partial charge on any atom is -0.493 e. The number of ether oxygens (including phenoxy) is 3. The summed E-state index contributed by atoms with van der Waals surface area (Å²) in [6.07, 6.45) is 0.177. The second-order valence-corrected chi connectivity index (χ2v) is 10.0. The van der Waals surface area contributed by atoms with E-state index in [0.717, 1.165) is 5.56 Å². The van der Waals surface area contributed by atoms with Gasteiger partial charge in [-0.1, -0.05) is 53.5 Å². The van der Waals surface area contributed by atoms with Crippen molar-refractivity contribution in [3.63, 3.8) is 0 Å². The molecule has 0 radical (unpaired) electrons. The number of halogens is 2. The van der Waals surface area contributed by atoms with Crippen molar-refractivity contribution in [3.05, 3.63) is 118 Å². The van der Waals surface area contributed by atoms with Gasteiger partial charge in [0.05, 0.1) is 17.5 Å². The van der Waals surface area contributed by atoms with Crippen LogP contribution in [0.3, 0.4) is 0 Å². The van der Waals surface area contributed by atoms with Gasteiger partial charge in [0.1, 0.15) is 23.0 Å². The Morgan fingerprint density at radius 1 is 0.950 bits per heavy atom. The molecule has 9 heteroatoms. The second-order valence-electron chi connectivity index (χ2n) is 9.20. The van der Waals surface area contributed by atoms with E-state index < -0.39 is 18.1 Å². The lowest BCUT2D eigenvalue weighted by Gasteiger charge is -2.24. The van der Waals surface area contributed by atoms with Crippen LogP contribution in [0.15, 0.2) is 91.0 Å². The number of carboxylic acids is 1. The molecule has 204 valence electrons. The summed E-state index contributed by atoms with van der Waals surface area (Å²) in [7, 11) is 0. The molecule has 1 aliphatic rings. The summed E-state index contributed by atoms with van der Waals surface area (Å²) in [6, 6.07) is 26.4. The molecule has 4 aromatic rings. The molecule has 40 heavy (non-hydrogen) atoms. The zero-order valence-corrected chi connectivity index (χ0v) is 22.7. The van der Waals surface area contributed by atoms with Gasteiger partial charge in [-0.05, 0) is 66.6 Å². The van der Waals surface area contributed by atoms with E-state index in [-0.39, 0.29) is 10.9 Å². The van der Waals surface area contributed by atoms with Crippen molar-refractivity contribution in [2.45, 2.75) is 25.0 Å². The summed E-state index contributed by atoms with van der Waals surface area (Å²) in [6.45, 7) is 0.293. The summed E-state index contributed by atoms with van der Waals surface area (Å²) < 4.78 is 17.6. The van der Waals surface area contributed by atoms with Crippen molar-refractivity contribution in [3.8, 4) is 23.0 Å². The third-order valence-electron chi connectivity index (χ3n) is 6.39. The molecule has 2 unspecified atom stereocenters. The average Bonchev–Trinajstić information content (AvgIpc) is 2.95. The SMILES string of the molecule is O=C(NC(Cc1ccc(Cl)cc1)Oc1ccccc1)c1ccc(Oc2cc3c(cc2Cl)C(C(=O)O)CCO3)cc1. The van der Waals surface area contributed by atoms with E-state index in [1.54, 1.807) is 48.5 Å². The van der Waals surface area contributed by atoms with Gasteiger partial charge in [-0.25, -0.2) is 0 Å². The number of aliphatic carboxylic acids is 1. The number of nitrogens with one attached hydrogen (secondary N) is 1. The predicted octanol–water partition coefficient (Wildman–Crippen LogP) is 7.11. The number of hydrogen-bond donors (Lipinski definition) is 2. The van der Waals surface area contributed by atoms with Crippen LogP contribution in [0.1, 0.15) is 33.8 Å². The molecule has 1 heterocycles. The van der Waals surface area contributed by atoms with Crippen molar-refractivity contribution in [1.29, 1.82) is 0 Å². The Bertz CT molecular complexity index is 1490. The number of benzene rings is 4. The maximum absolute atomic E-state index is 13.1. The minimum atomic E-state index is -0.923. The van der Waals surface area contributed by atoms with E-state index in [4.69, 9.17) is 37.4 Å². The molecular formula is C31H25Cl2NO6. The maximum atomic E-state index is 13.1.